The van der Waals surface area contributed by atoms with Crippen LogP contribution in [0.25, 0.3) is 22.2 Å². The molecule has 2 heterocycles. The highest BCUT2D eigenvalue weighted by atomic mass is 32.2. The van der Waals surface area contributed by atoms with Crippen LogP contribution in [0, 0.1) is 11.2 Å². The Kier molecular flexibility index (Phi) is 5.83. The molecule has 0 saturated heterocycles. The summed E-state index contributed by atoms with van der Waals surface area (Å²) in [6.07, 6.45) is 1.11. The van der Waals surface area contributed by atoms with Gasteiger partial charge in [0.15, 0.2) is 0 Å². The van der Waals surface area contributed by atoms with E-state index in [1.54, 1.807) is 24.4 Å². The number of hydrogen-bond donors (Lipinski definition) is 1. The third-order valence-corrected chi connectivity index (χ3v) is 7.36. The predicted octanol–water partition coefficient (Wildman–Crippen LogP) is 5.28. The van der Waals surface area contributed by atoms with E-state index in [4.69, 9.17) is 0 Å². The zero-order chi connectivity index (χ0) is 23.3. The van der Waals surface area contributed by atoms with Crippen LogP contribution in [-0.2, 0) is 16.6 Å². The first kappa shape index (κ1) is 22.8. The van der Waals surface area contributed by atoms with Crippen LogP contribution in [0.1, 0.15) is 45.2 Å². The lowest BCUT2D eigenvalue weighted by Crippen LogP contribution is -2.35. The second-order valence-electron chi connectivity index (χ2n) is 9.51. The molecular weight excluding hydrogens is 439 g/mol. The van der Waals surface area contributed by atoms with Crippen molar-refractivity contribution in [1.82, 2.24) is 14.3 Å². The molecule has 1 fully saturated rings. The number of alkyl halides is 2. The van der Waals surface area contributed by atoms with Gasteiger partial charge < -0.3 is 4.57 Å². The molecular formula is C23H26F3N3O2S. The molecule has 0 unspecified atom stereocenters. The van der Waals surface area contributed by atoms with E-state index in [1.807, 2.05) is 25.3 Å². The highest BCUT2D eigenvalue weighted by molar-refractivity contribution is 7.90. The molecule has 2 aromatic heterocycles. The van der Waals surface area contributed by atoms with E-state index in [1.165, 1.54) is 18.3 Å². The van der Waals surface area contributed by atoms with Crippen molar-refractivity contribution in [1.29, 1.82) is 0 Å². The summed E-state index contributed by atoms with van der Waals surface area (Å²) in [5.41, 5.74) is 1.33. The Morgan fingerprint density at radius 2 is 1.94 bits per heavy atom. The van der Waals surface area contributed by atoms with Gasteiger partial charge in [-0.15, -0.1) is 0 Å². The Bertz CT molecular complexity index is 1250. The van der Waals surface area contributed by atoms with Crippen LogP contribution in [0.2, 0.25) is 0 Å². The molecule has 4 rings (SSSR count). The second kappa shape index (κ2) is 8.19. The number of rotatable bonds is 7. The fourth-order valence-corrected chi connectivity index (χ4v) is 5.39. The van der Waals surface area contributed by atoms with Crippen LogP contribution in [0.4, 0.5) is 13.2 Å². The summed E-state index contributed by atoms with van der Waals surface area (Å²) in [6.45, 7) is 6.55. The number of hydrogen-bond acceptors (Lipinski definition) is 3. The first-order valence-electron chi connectivity index (χ1n) is 10.5. The Morgan fingerprint density at radius 1 is 1.22 bits per heavy atom. The SMILES string of the molecule is CC(C)(C)Cn1cc([C@H](NS(=O)(=O)C2CC2)C(F)F)c2ccc(-c3ncccc3F)cc21. The van der Waals surface area contributed by atoms with Crippen LogP contribution in [0.3, 0.4) is 0 Å². The maximum atomic E-state index is 14.3. The molecule has 32 heavy (non-hydrogen) atoms. The number of halogens is 3. The van der Waals surface area contributed by atoms with E-state index >= 15 is 0 Å². The molecule has 0 spiro atoms. The van der Waals surface area contributed by atoms with Crippen molar-refractivity contribution < 1.29 is 21.6 Å². The zero-order valence-corrected chi connectivity index (χ0v) is 19.0. The summed E-state index contributed by atoms with van der Waals surface area (Å²) in [4.78, 5) is 4.11. The van der Waals surface area contributed by atoms with E-state index < -0.39 is 33.6 Å². The second-order valence-corrected chi connectivity index (χ2v) is 11.5. The zero-order valence-electron chi connectivity index (χ0n) is 18.1. The first-order valence-corrected chi connectivity index (χ1v) is 12.0. The van der Waals surface area contributed by atoms with E-state index in [0.29, 0.717) is 35.9 Å². The fourth-order valence-electron chi connectivity index (χ4n) is 3.86. The number of nitrogens with one attached hydrogen (secondary N) is 1. The fraction of sp³-hybridized carbons (Fsp3) is 0.435. The average Bonchev–Trinajstić information content (AvgIpc) is 3.50. The van der Waals surface area contributed by atoms with Crippen LogP contribution in [0.15, 0.2) is 42.7 Å². The molecule has 1 aliphatic rings. The third kappa shape index (κ3) is 4.68. The van der Waals surface area contributed by atoms with Crippen molar-refractivity contribution in [3.63, 3.8) is 0 Å². The molecule has 172 valence electrons. The van der Waals surface area contributed by atoms with Gasteiger partial charge in [0.1, 0.15) is 17.6 Å². The Hall–Kier alpha value is -2.39. The minimum absolute atomic E-state index is 0.166. The number of benzene rings is 1. The van der Waals surface area contributed by atoms with Gasteiger partial charge in [0.05, 0.1) is 5.25 Å². The summed E-state index contributed by atoms with van der Waals surface area (Å²) < 4.78 is 71.4. The molecule has 1 atom stereocenters. The van der Waals surface area contributed by atoms with Crippen LogP contribution >= 0.6 is 0 Å². The van der Waals surface area contributed by atoms with Gasteiger partial charge in [-0.05, 0) is 36.5 Å². The molecule has 0 amide bonds. The topological polar surface area (TPSA) is 64.0 Å². The lowest BCUT2D eigenvalue weighted by Gasteiger charge is -2.20. The quantitative estimate of drug-likeness (QED) is 0.517. The van der Waals surface area contributed by atoms with Gasteiger partial charge in [-0.2, -0.15) is 0 Å². The van der Waals surface area contributed by atoms with Crippen LogP contribution in [-0.4, -0.2) is 29.6 Å². The maximum absolute atomic E-state index is 14.3. The number of aromatic nitrogens is 2. The van der Waals surface area contributed by atoms with Gasteiger partial charge in [-0.1, -0.05) is 32.9 Å². The largest absolute Gasteiger partial charge is 0.347 e. The van der Waals surface area contributed by atoms with E-state index in [2.05, 4.69) is 9.71 Å². The lowest BCUT2D eigenvalue weighted by molar-refractivity contribution is 0.109. The van der Waals surface area contributed by atoms with Crippen molar-refractivity contribution in [2.75, 3.05) is 0 Å². The van der Waals surface area contributed by atoms with Crippen molar-refractivity contribution >= 4 is 20.9 Å². The molecule has 5 nitrogen and oxygen atoms in total. The van der Waals surface area contributed by atoms with E-state index in [9.17, 15) is 21.6 Å². The summed E-state index contributed by atoms with van der Waals surface area (Å²) in [5, 5.41) is -0.108. The molecule has 1 aliphatic carbocycles. The van der Waals surface area contributed by atoms with E-state index in [-0.39, 0.29) is 16.7 Å². The summed E-state index contributed by atoms with van der Waals surface area (Å²) >= 11 is 0. The Morgan fingerprint density at radius 3 is 2.53 bits per heavy atom. The van der Waals surface area contributed by atoms with E-state index in [0.717, 1.165) is 0 Å². The molecule has 9 heteroatoms. The Labute approximate surface area is 185 Å². The minimum Gasteiger partial charge on any atom is -0.347 e. The summed E-state index contributed by atoms with van der Waals surface area (Å²) in [7, 11) is -3.83. The standard InChI is InChI=1S/C23H26F3N3O2S/c1-23(2,3)13-29-12-17(21(22(25)26)28-32(30,31)15-7-8-15)16-9-6-14(11-19(16)29)20-18(24)5-4-10-27-20/h4-6,9-12,15,21-22,28H,7-8,13H2,1-3H3/t21-/m0/s1. The van der Waals surface area contributed by atoms with Crippen molar-refractivity contribution in [2.45, 2.75) is 57.9 Å². The number of fused-ring (bicyclic) bond motifs is 1. The average molecular weight is 466 g/mol. The number of nitrogens with zero attached hydrogens (tertiary/aromatic N) is 2. The maximum Gasteiger partial charge on any atom is 0.258 e. The van der Waals surface area contributed by atoms with Crippen molar-refractivity contribution in [2.24, 2.45) is 5.41 Å². The summed E-state index contributed by atoms with van der Waals surface area (Å²) in [5.74, 6) is -0.483. The van der Waals surface area contributed by atoms with Crippen molar-refractivity contribution in [3.05, 3.63) is 54.1 Å². The van der Waals surface area contributed by atoms with Gasteiger partial charge in [-0.3, -0.25) is 4.98 Å². The molecule has 1 aromatic carbocycles. The van der Waals surface area contributed by atoms with Gasteiger partial charge in [0.2, 0.25) is 10.0 Å². The van der Waals surface area contributed by atoms with Gasteiger partial charge in [0.25, 0.3) is 6.43 Å². The third-order valence-electron chi connectivity index (χ3n) is 5.43. The van der Waals surface area contributed by atoms with Gasteiger partial charge in [0, 0.05) is 41.0 Å². The number of sulfonamides is 1. The molecule has 0 bridgehead atoms. The van der Waals surface area contributed by atoms with Crippen LogP contribution in [0.5, 0.6) is 0 Å². The summed E-state index contributed by atoms with van der Waals surface area (Å²) in [6, 6.07) is 6.11. The lowest BCUT2D eigenvalue weighted by atomic mass is 9.97. The van der Waals surface area contributed by atoms with Gasteiger partial charge in [-0.25, -0.2) is 26.3 Å². The molecule has 1 N–H and O–H groups in total. The molecule has 1 saturated carbocycles. The van der Waals surface area contributed by atoms with Gasteiger partial charge >= 0.3 is 0 Å². The normalized spacial score (nSPS) is 16.1. The smallest absolute Gasteiger partial charge is 0.258 e. The molecule has 0 radical (unpaired) electrons. The minimum atomic E-state index is -3.83. The molecule has 3 aromatic rings. The Balaban J connectivity index is 1.86. The highest BCUT2D eigenvalue weighted by Crippen LogP contribution is 2.36. The highest BCUT2D eigenvalue weighted by Gasteiger charge is 2.40. The van der Waals surface area contributed by atoms with Crippen LogP contribution < -0.4 is 4.72 Å². The van der Waals surface area contributed by atoms with Crippen molar-refractivity contribution in [3.8, 4) is 11.3 Å². The first-order chi connectivity index (χ1) is 15.0. The monoisotopic (exact) mass is 465 g/mol. The molecule has 0 aliphatic heterocycles. The predicted molar refractivity (Wildman–Crippen MR) is 118 cm³/mol. The number of pyridine rings is 1.